The number of nitrogens with zero attached hydrogens (tertiary/aromatic N) is 2. The molecule has 0 fully saturated rings. The maximum absolute atomic E-state index is 10.3. The van der Waals surface area contributed by atoms with E-state index < -0.39 is 14.9 Å². The van der Waals surface area contributed by atoms with E-state index in [1.807, 2.05) is 0 Å². The molecule has 9 heavy (non-hydrogen) atoms. The zero-order valence-corrected chi connectivity index (χ0v) is 5.38. The van der Waals surface area contributed by atoms with Crippen LogP contribution in [0.1, 0.15) is 0 Å². The number of oxime groups is 1. The lowest BCUT2D eigenvalue weighted by Gasteiger charge is -1.85. The zero-order chi connectivity index (χ0) is 7.49. The first-order valence-electron chi connectivity index (χ1n) is 1.84. The van der Waals surface area contributed by atoms with Crippen LogP contribution >= 0.6 is 0 Å². The molecule has 0 heterocycles. The van der Waals surface area contributed by atoms with Crippen LogP contribution in [0.5, 0.6) is 0 Å². The van der Waals surface area contributed by atoms with Crippen LogP contribution < -0.4 is 0 Å². The third-order valence-electron chi connectivity index (χ3n) is 0.538. The quantitative estimate of drug-likeness (QED) is 0.214. The second-order valence-electron chi connectivity index (χ2n) is 1.29. The molecule has 0 aromatic rings. The molecule has 0 amide bonds. The van der Waals surface area contributed by atoms with Gasteiger partial charge in [-0.2, -0.15) is 5.26 Å². The van der Waals surface area contributed by atoms with Crippen LogP contribution in [0.25, 0.3) is 0 Å². The Balaban J connectivity index is 4.85. The van der Waals surface area contributed by atoms with Gasteiger partial charge < -0.3 is 5.21 Å². The van der Waals surface area contributed by atoms with Crippen LogP contribution in [0.4, 0.5) is 0 Å². The van der Waals surface area contributed by atoms with E-state index in [4.69, 9.17) is 10.5 Å². The second kappa shape index (κ2) is 2.46. The monoisotopic (exact) mass is 148 g/mol. The van der Waals surface area contributed by atoms with E-state index in [1.165, 1.54) is 6.07 Å². The lowest BCUT2D eigenvalue weighted by atomic mass is 10.8. The highest BCUT2D eigenvalue weighted by Gasteiger charge is 2.11. The van der Waals surface area contributed by atoms with Crippen molar-refractivity contribution < 1.29 is 13.6 Å². The summed E-state index contributed by atoms with van der Waals surface area (Å²) in [5.74, 6) is 0. The van der Waals surface area contributed by atoms with Gasteiger partial charge in [0.1, 0.15) is 6.07 Å². The third kappa shape index (κ3) is 2.10. The van der Waals surface area contributed by atoms with Crippen molar-refractivity contribution in [3.05, 3.63) is 0 Å². The molecule has 0 atom stereocenters. The molecule has 0 aromatic carbocycles. The van der Waals surface area contributed by atoms with Crippen molar-refractivity contribution in [3.8, 4) is 6.07 Å². The minimum Gasteiger partial charge on any atom is -0.409 e. The Morgan fingerprint density at radius 2 is 2.22 bits per heavy atom. The molecule has 0 saturated carbocycles. The topological polar surface area (TPSA) is 90.5 Å². The molecule has 0 unspecified atom stereocenters. The van der Waals surface area contributed by atoms with E-state index >= 15 is 0 Å². The lowest BCUT2D eigenvalue weighted by Crippen LogP contribution is -2.09. The van der Waals surface area contributed by atoms with Gasteiger partial charge in [-0.3, -0.25) is 0 Å². The first-order chi connectivity index (χ1) is 4.02. The molecule has 0 aliphatic rings. The molecule has 0 radical (unpaired) electrons. The molecule has 0 aliphatic heterocycles. The lowest BCUT2D eigenvalue weighted by molar-refractivity contribution is 0.321. The van der Waals surface area contributed by atoms with Crippen LogP contribution in [0, 0.1) is 11.3 Å². The summed E-state index contributed by atoms with van der Waals surface area (Å²) in [7, 11) is -3.63. The van der Waals surface area contributed by atoms with Gasteiger partial charge in [-0.15, -0.1) is 0 Å². The van der Waals surface area contributed by atoms with Crippen molar-refractivity contribution in [1.82, 2.24) is 0 Å². The SMILES string of the molecule is CS(=O)(=O)/C(C#N)=N/O. The standard InChI is InChI=1S/C3H4N2O3S/c1-9(7,8)3(2-4)5-6/h6H,1H3/b5-3+. The van der Waals surface area contributed by atoms with Gasteiger partial charge in [0, 0.05) is 6.26 Å². The van der Waals surface area contributed by atoms with E-state index in [0.29, 0.717) is 0 Å². The summed E-state index contributed by atoms with van der Waals surface area (Å²) < 4.78 is 20.6. The van der Waals surface area contributed by atoms with E-state index in [9.17, 15) is 8.42 Å². The number of nitriles is 1. The minimum absolute atomic E-state index is 0.783. The van der Waals surface area contributed by atoms with E-state index in [1.54, 1.807) is 0 Å². The van der Waals surface area contributed by atoms with Gasteiger partial charge in [0.15, 0.2) is 0 Å². The Morgan fingerprint density at radius 1 is 1.78 bits per heavy atom. The molecule has 0 aromatic heterocycles. The fraction of sp³-hybridized carbons (Fsp3) is 0.333. The van der Waals surface area contributed by atoms with Crippen LogP contribution in [0.2, 0.25) is 0 Å². The third-order valence-corrected chi connectivity index (χ3v) is 1.41. The molecule has 0 bridgehead atoms. The minimum atomic E-state index is -3.63. The summed E-state index contributed by atoms with van der Waals surface area (Å²) in [4.78, 5) is 0. The largest absolute Gasteiger partial charge is 0.409 e. The highest BCUT2D eigenvalue weighted by Crippen LogP contribution is 1.85. The molecular weight excluding hydrogens is 144 g/mol. The molecule has 0 spiro atoms. The molecule has 1 N–H and O–H groups in total. The Hall–Kier alpha value is -1.09. The predicted molar refractivity (Wildman–Crippen MR) is 29.7 cm³/mol. The summed E-state index contributed by atoms with van der Waals surface area (Å²) in [5.41, 5.74) is 0. The number of rotatable bonds is 0. The molecule has 5 nitrogen and oxygen atoms in total. The van der Waals surface area contributed by atoms with Crippen molar-refractivity contribution >= 4 is 14.9 Å². The summed E-state index contributed by atoms with van der Waals surface area (Å²) in [6.07, 6.45) is 0.783. The van der Waals surface area contributed by atoms with E-state index in [0.717, 1.165) is 6.26 Å². The van der Waals surface area contributed by atoms with Gasteiger partial charge >= 0.3 is 0 Å². The molecular formula is C3H4N2O3S. The van der Waals surface area contributed by atoms with Crippen molar-refractivity contribution in [1.29, 1.82) is 5.26 Å². The van der Waals surface area contributed by atoms with Crippen molar-refractivity contribution in [2.45, 2.75) is 0 Å². The average molecular weight is 148 g/mol. The molecule has 0 rings (SSSR count). The van der Waals surface area contributed by atoms with Gasteiger partial charge in [-0.1, -0.05) is 5.16 Å². The van der Waals surface area contributed by atoms with Crippen molar-refractivity contribution in [3.63, 3.8) is 0 Å². The van der Waals surface area contributed by atoms with E-state index in [-0.39, 0.29) is 0 Å². The van der Waals surface area contributed by atoms with Gasteiger partial charge in [-0.25, -0.2) is 8.42 Å². The van der Waals surface area contributed by atoms with Crippen LogP contribution in [-0.2, 0) is 9.84 Å². The van der Waals surface area contributed by atoms with Gasteiger partial charge in [0.05, 0.1) is 0 Å². The van der Waals surface area contributed by atoms with Gasteiger partial charge in [0.2, 0.25) is 9.84 Å². The van der Waals surface area contributed by atoms with Gasteiger partial charge in [0.25, 0.3) is 5.04 Å². The number of hydrogen-bond donors (Lipinski definition) is 1. The highest BCUT2D eigenvalue weighted by molar-refractivity contribution is 8.06. The summed E-state index contributed by atoms with van der Waals surface area (Å²) >= 11 is 0. The van der Waals surface area contributed by atoms with Crippen molar-refractivity contribution in [2.75, 3.05) is 6.26 Å². The van der Waals surface area contributed by atoms with Crippen LogP contribution in [0.15, 0.2) is 5.16 Å². The molecule has 50 valence electrons. The molecule has 0 saturated heterocycles. The highest BCUT2D eigenvalue weighted by atomic mass is 32.2. The Labute approximate surface area is 52.1 Å². The maximum Gasteiger partial charge on any atom is 0.270 e. The van der Waals surface area contributed by atoms with Gasteiger partial charge in [-0.05, 0) is 0 Å². The smallest absolute Gasteiger partial charge is 0.270 e. The summed E-state index contributed by atoms with van der Waals surface area (Å²) in [6.45, 7) is 0. The fourth-order valence-electron chi connectivity index (χ4n) is 0.179. The normalized spacial score (nSPS) is 12.7. The number of sulfone groups is 1. The van der Waals surface area contributed by atoms with Crippen LogP contribution in [-0.4, -0.2) is 24.9 Å². The fourth-order valence-corrected chi connectivity index (χ4v) is 0.494. The maximum atomic E-state index is 10.3. The first-order valence-corrected chi connectivity index (χ1v) is 3.73. The van der Waals surface area contributed by atoms with Crippen molar-refractivity contribution in [2.24, 2.45) is 5.16 Å². The Kier molecular flexibility index (Phi) is 2.16. The summed E-state index contributed by atoms with van der Waals surface area (Å²) in [6, 6.07) is 1.20. The molecule has 6 heteroatoms. The Bertz CT molecular complexity index is 257. The second-order valence-corrected chi connectivity index (χ2v) is 3.22. The molecule has 0 aliphatic carbocycles. The zero-order valence-electron chi connectivity index (χ0n) is 4.57. The average Bonchev–Trinajstić information content (AvgIpc) is 1.65. The number of hydrogen-bond acceptors (Lipinski definition) is 5. The Morgan fingerprint density at radius 3 is 2.22 bits per heavy atom. The first kappa shape index (κ1) is 7.91. The predicted octanol–water partition coefficient (Wildman–Crippen LogP) is -0.658. The van der Waals surface area contributed by atoms with Crippen LogP contribution in [0.3, 0.4) is 0 Å². The summed E-state index contributed by atoms with van der Waals surface area (Å²) in [5, 5.41) is 17.2. The van der Waals surface area contributed by atoms with E-state index in [2.05, 4.69) is 5.16 Å².